The van der Waals surface area contributed by atoms with Crippen molar-refractivity contribution in [2.45, 2.75) is 50.6 Å². The molecule has 0 radical (unpaired) electrons. The highest BCUT2D eigenvalue weighted by atomic mass is 16.6. The van der Waals surface area contributed by atoms with Crippen molar-refractivity contribution in [3.63, 3.8) is 0 Å². The lowest BCUT2D eigenvalue weighted by atomic mass is 9.81. The Morgan fingerprint density at radius 2 is 1.91 bits per heavy atom. The average molecular weight is 457 g/mol. The molecule has 33 heavy (non-hydrogen) atoms. The summed E-state index contributed by atoms with van der Waals surface area (Å²) in [5.74, 6) is -0.877. The zero-order valence-corrected chi connectivity index (χ0v) is 19.5. The SMILES string of the molecule is COC(=O)C(CC(C)N1CCCCC1)(c1ccc([N+](=O)[O-])cc1)N(C)C(=O)C1=CNC=CC1. The molecule has 2 aliphatic heterocycles. The topological polar surface area (TPSA) is 105 Å². The number of amides is 1. The highest BCUT2D eigenvalue weighted by Crippen LogP contribution is 2.38. The van der Waals surface area contributed by atoms with E-state index in [2.05, 4.69) is 17.1 Å². The number of non-ortho nitro benzene ring substituents is 1. The third-order valence-electron chi connectivity index (χ3n) is 6.64. The molecule has 1 N–H and O–H groups in total. The minimum absolute atomic E-state index is 0.0202. The molecule has 2 heterocycles. The number of hydrogen-bond donors (Lipinski definition) is 1. The molecule has 2 atom stereocenters. The molecule has 1 fully saturated rings. The van der Waals surface area contributed by atoms with E-state index >= 15 is 0 Å². The summed E-state index contributed by atoms with van der Waals surface area (Å²) in [4.78, 5) is 41.5. The van der Waals surface area contributed by atoms with Crippen LogP contribution in [0.15, 0.2) is 48.3 Å². The number of likely N-dealkylation sites (tertiary alicyclic amines) is 1. The van der Waals surface area contributed by atoms with Crippen molar-refractivity contribution >= 4 is 17.6 Å². The Hall–Kier alpha value is -3.20. The molecule has 9 heteroatoms. The molecule has 2 unspecified atom stereocenters. The van der Waals surface area contributed by atoms with Gasteiger partial charge in [-0.2, -0.15) is 0 Å². The van der Waals surface area contributed by atoms with E-state index in [1.165, 1.54) is 30.6 Å². The molecule has 3 rings (SSSR count). The summed E-state index contributed by atoms with van der Waals surface area (Å²) in [7, 11) is 2.90. The number of carbonyl (C=O) groups excluding carboxylic acids is 2. The number of nitro benzene ring substituents is 1. The van der Waals surface area contributed by atoms with Crippen molar-refractivity contribution in [2.24, 2.45) is 0 Å². The van der Waals surface area contributed by atoms with Crippen molar-refractivity contribution in [1.29, 1.82) is 0 Å². The molecule has 0 aliphatic carbocycles. The summed E-state index contributed by atoms with van der Waals surface area (Å²) in [6.07, 6.45) is 9.32. The monoisotopic (exact) mass is 456 g/mol. The number of nitrogens with one attached hydrogen (secondary N) is 1. The van der Waals surface area contributed by atoms with Crippen molar-refractivity contribution in [1.82, 2.24) is 15.1 Å². The number of piperidine rings is 1. The second-order valence-corrected chi connectivity index (χ2v) is 8.61. The van der Waals surface area contributed by atoms with Crippen LogP contribution in [0.25, 0.3) is 0 Å². The van der Waals surface area contributed by atoms with Gasteiger partial charge < -0.3 is 19.9 Å². The zero-order valence-electron chi connectivity index (χ0n) is 19.5. The lowest BCUT2D eigenvalue weighted by molar-refractivity contribution is -0.384. The van der Waals surface area contributed by atoms with Gasteiger partial charge in [0.2, 0.25) is 0 Å². The molecule has 9 nitrogen and oxygen atoms in total. The number of nitro groups is 1. The Bertz CT molecular complexity index is 937. The van der Waals surface area contributed by atoms with Crippen LogP contribution in [0.3, 0.4) is 0 Å². The Morgan fingerprint density at radius 3 is 2.45 bits per heavy atom. The van der Waals surface area contributed by atoms with E-state index in [0.717, 1.165) is 25.9 Å². The van der Waals surface area contributed by atoms with Gasteiger partial charge in [-0.25, -0.2) is 4.79 Å². The maximum atomic E-state index is 13.5. The summed E-state index contributed by atoms with van der Waals surface area (Å²) < 4.78 is 5.26. The highest BCUT2D eigenvalue weighted by molar-refractivity contribution is 5.98. The van der Waals surface area contributed by atoms with E-state index in [-0.39, 0.29) is 17.6 Å². The van der Waals surface area contributed by atoms with Crippen molar-refractivity contribution < 1.29 is 19.2 Å². The van der Waals surface area contributed by atoms with Gasteiger partial charge in [-0.3, -0.25) is 14.9 Å². The molecule has 0 spiro atoms. The van der Waals surface area contributed by atoms with Crippen molar-refractivity contribution in [3.8, 4) is 0 Å². The van der Waals surface area contributed by atoms with Crippen LogP contribution in [0.1, 0.15) is 44.6 Å². The molecular weight excluding hydrogens is 424 g/mol. The minimum atomic E-state index is -1.44. The average Bonchev–Trinajstić information content (AvgIpc) is 2.87. The van der Waals surface area contributed by atoms with E-state index in [4.69, 9.17) is 4.74 Å². The van der Waals surface area contributed by atoms with E-state index in [0.29, 0.717) is 24.0 Å². The molecule has 0 aromatic heterocycles. The Balaban J connectivity index is 2.07. The molecule has 178 valence electrons. The molecule has 1 saturated heterocycles. The van der Waals surface area contributed by atoms with Gasteiger partial charge in [0.25, 0.3) is 11.6 Å². The van der Waals surface area contributed by atoms with Crippen LogP contribution in [-0.2, 0) is 19.9 Å². The number of hydrogen-bond acceptors (Lipinski definition) is 7. The normalized spacial score (nSPS) is 18.9. The van der Waals surface area contributed by atoms with Crippen LogP contribution in [0.2, 0.25) is 0 Å². The van der Waals surface area contributed by atoms with Crippen LogP contribution in [-0.4, -0.2) is 59.9 Å². The maximum absolute atomic E-state index is 13.5. The fraction of sp³-hybridized carbons (Fsp3) is 0.500. The number of rotatable bonds is 8. The first kappa shape index (κ1) is 24.4. The van der Waals surface area contributed by atoms with Gasteiger partial charge in [0.15, 0.2) is 5.54 Å². The van der Waals surface area contributed by atoms with Crippen molar-refractivity contribution in [2.75, 3.05) is 27.2 Å². The maximum Gasteiger partial charge on any atom is 0.336 e. The van der Waals surface area contributed by atoms with E-state index in [1.54, 1.807) is 31.6 Å². The Morgan fingerprint density at radius 1 is 1.24 bits per heavy atom. The summed E-state index contributed by atoms with van der Waals surface area (Å²) in [6.45, 7) is 3.91. The van der Waals surface area contributed by atoms with Crippen LogP contribution in [0.4, 0.5) is 5.69 Å². The van der Waals surface area contributed by atoms with Gasteiger partial charge >= 0.3 is 5.97 Å². The second-order valence-electron chi connectivity index (χ2n) is 8.61. The fourth-order valence-corrected chi connectivity index (χ4v) is 4.73. The standard InChI is InChI=1S/C24H32N4O5/c1-18(27-14-5-4-6-15-27)16-24(23(30)33-3,20-9-11-21(12-10-20)28(31)32)26(2)22(29)19-8-7-13-25-17-19/h7,9-13,17-18,25H,4-6,8,14-16H2,1-3H3. The predicted molar refractivity (Wildman–Crippen MR) is 124 cm³/mol. The smallest absolute Gasteiger partial charge is 0.336 e. The number of ether oxygens (including phenoxy) is 1. The van der Waals surface area contributed by atoms with Crippen LogP contribution in [0.5, 0.6) is 0 Å². The molecule has 2 aliphatic rings. The Labute approximate surface area is 194 Å². The molecule has 1 aromatic carbocycles. The number of carbonyl (C=O) groups is 2. The number of allylic oxidation sites excluding steroid dienone is 1. The van der Waals surface area contributed by atoms with Crippen LogP contribution in [0, 0.1) is 10.1 Å². The summed E-state index contributed by atoms with van der Waals surface area (Å²) in [5, 5.41) is 14.1. The molecule has 1 aromatic rings. The summed E-state index contributed by atoms with van der Waals surface area (Å²) in [6, 6.07) is 5.81. The second kappa shape index (κ2) is 10.6. The van der Waals surface area contributed by atoms with Crippen molar-refractivity contribution in [3.05, 3.63) is 64.0 Å². The number of methoxy groups -OCH3 is 1. The molecule has 0 saturated carbocycles. The molecule has 0 bridgehead atoms. The first-order valence-corrected chi connectivity index (χ1v) is 11.3. The number of benzene rings is 1. The zero-order chi connectivity index (χ0) is 24.0. The molecule has 1 amide bonds. The van der Waals surface area contributed by atoms with E-state index < -0.39 is 16.4 Å². The van der Waals surface area contributed by atoms with Gasteiger partial charge in [0.1, 0.15) is 0 Å². The van der Waals surface area contributed by atoms with Gasteiger partial charge in [0, 0.05) is 43.4 Å². The third kappa shape index (κ3) is 5.08. The highest BCUT2D eigenvalue weighted by Gasteiger charge is 2.49. The van der Waals surface area contributed by atoms with Crippen LogP contribution >= 0.6 is 0 Å². The fourth-order valence-electron chi connectivity index (χ4n) is 4.73. The molecular formula is C24H32N4O5. The summed E-state index contributed by atoms with van der Waals surface area (Å²) >= 11 is 0. The quantitative estimate of drug-likeness (QED) is 0.364. The van der Waals surface area contributed by atoms with Gasteiger partial charge in [-0.15, -0.1) is 0 Å². The third-order valence-corrected chi connectivity index (χ3v) is 6.64. The Kier molecular flexibility index (Phi) is 7.86. The minimum Gasteiger partial charge on any atom is -0.467 e. The predicted octanol–water partition coefficient (Wildman–Crippen LogP) is 3.08. The van der Waals surface area contributed by atoms with Crippen LogP contribution < -0.4 is 5.32 Å². The largest absolute Gasteiger partial charge is 0.467 e. The number of dihydropyridines is 1. The van der Waals surface area contributed by atoms with E-state index in [1.807, 2.05) is 6.08 Å². The number of likely N-dealkylation sites (N-methyl/N-ethyl adjacent to an activating group) is 1. The lowest BCUT2D eigenvalue weighted by Gasteiger charge is -2.44. The summed E-state index contributed by atoms with van der Waals surface area (Å²) in [5.41, 5.74) is -0.528. The number of esters is 1. The van der Waals surface area contributed by atoms with Gasteiger partial charge in [-0.05, 0) is 63.2 Å². The first-order chi connectivity index (χ1) is 15.8. The lowest BCUT2D eigenvalue weighted by Crippen LogP contribution is -2.57. The first-order valence-electron chi connectivity index (χ1n) is 11.3. The number of nitrogens with zero attached hydrogens (tertiary/aromatic N) is 3. The van der Waals surface area contributed by atoms with Gasteiger partial charge in [0.05, 0.1) is 12.0 Å². The van der Waals surface area contributed by atoms with Gasteiger partial charge in [-0.1, -0.05) is 12.5 Å². The van der Waals surface area contributed by atoms with E-state index in [9.17, 15) is 19.7 Å².